The third-order valence-corrected chi connectivity index (χ3v) is 6.68. The van der Waals surface area contributed by atoms with Gasteiger partial charge in [-0.2, -0.15) is 0 Å². The summed E-state index contributed by atoms with van der Waals surface area (Å²) < 4.78 is 5.49. The summed E-state index contributed by atoms with van der Waals surface area (Å²) in [5, 5.41) is 4.03. The highest BCUT2D eigenvalue weighted by Gasteiger charge is 2.36. The van der Waals surface area contributed by atoms with Gasteiger partial charge in [0.25, 0.3) is 5.91 Å². The van der Waals surface area contributed by atoms with Crippen molar-refractivity contribution in [3.63, 3.8) is 0 Å². The number of rotatable bonds is 7. The number of hydrogen-bond donors (Lipinski definition) is 1. The van der Waals surface area contributed by atoms with Crippen molar-refractivity contribution in [2.24, 2.45) is 0 Å². The van der Waals surface area contributed by atoms with Gasteiger partial charge < -0.3 is 15.0 Å². The van der Waals surface area contributed by atoms with E-state index < -0.39 is 0 Å². The van der Waals surface area contributed by atoms with Crippen molar-refractivity contribution >= 4 is 17.2 Å². The monoisotopic (exact) mass is 387 g/mol. The standard InChI is InChI=1S/C21H29N3O2S/c1-5-26-17-10-8-16(9-11-17)20-23-15(2)18(27-20)19(25)22-14-21(24(3)4)12-6-7-13-21/h8-11H,5-7,12-14H2,1-4H3,(H,22,25). The van der Waals surface area contributed by atoms with Crippen LogP contribution in [0.3, 0.4) is 0 Å². The van der Waals surface area contributed by atoms with E-state index in [1.807, 2.05) is 38.1 Å². The lowest BCUT2D eigenvalue weighted by Gasteiger charge is -2.36. The number of hydrogen-bond acceptors (Lipinski definition) is 5. The van der Waals surface area contributed by atoms with Crippen LogP contribution in [0, 0.1) is 6.92 Å². The van der Waals surface area contributed by atoms with Crippen molar-refractivity contribution < 1.29 is 9.53 Å². The smallest absolute Gasteiger partial charge is 0.263 e. The Hall–Kier alpha value is -1.92. The predicted molar refractivity (Wildman–Crippen MR) is 111 cm³/mol. The molecule has 1 heterocycles. The summed E-state index contributed by atoms with van der Waals surface area (Å²) in [5.41, 5.74) is 1.88. The molecule has 27 heavy (non-hydrogen) atoms. The average Bonchev–Trinajstić information content (AvgIpc) is 3.28. The van der Waals surface area contributed by atoms with Crippen molar-refractivity contribution in [1.82, 2.24) is 15.2 Å². The van der Waals surface area contributed by atoms with Crippen LogP contribution in [0.15, 0.2) is 24.3 Å². The third kappa shape index (κ3) is 4.33. The van der Waals surface area contributed by atoms with E-state index in [9.17, 15) is 4.79 Å². The summed E-state index contributed by atoms with van der Waals surface area (Å²) in [6, 6.07) is 7.86. The summed E-state index contributed by atoms with van der Waals surface area (Å²) in [6.45, 7) is 5.21. The lowest BCUT2D eigenvalue weighted by molar-refractivity contribution is 0.0903. The van der Waals surface area contributed by atoms with Crippen LogP contribution in [0.1, 0.15) is 48.0 Å². The van der Waals surface area contributed by atoms with Crippen LogP contribution in [0.25, 0.3) is 10.6 Å². The molecule has 1 N–H and O–H groups in total. The van der Waals surface area contributed by atoms with Gasteiger partial charge in [0, 0.05) is 17.6 Å². The van der Waals surface area contributed by atoms with Gasteiger partial charge in [-0.3, -0.25) is 4.79 Å². The number of carbonyl (C=O) groups is 1. The zero-order valence-electron chi connectivity index (χ0n) is 16.7. The summed E-state index contributed by atoms with van der Waals surface area (Å²) in [7, 11) is 4.22. The molecule has 5 nitrogen and oxygen atoms in total. The first-order chi connectivity index (χ1) is 12.9. The van der Waals surface area contributed by atoms with E-state index in [2.05, 4.69) is 29.3 Å². The van der Waals surface area contributed by atoms with Crippen LogP contribution in [-0.4, -0.2) is 48.6 Å². The molecular weight excluding hydrogens is 358 g/mol. The van der Waals surface area contributed by atoms with Gasteiger partial charge in [0.2, 0.25) is 0 Å². The van der Waals surface area contributed by atoms with Crippen LogP contribution >= 0.6 is 11.3 Å². The van der Waals surface area contributed by atoms with Gasteiger partial charge in [0.15, 0.2) is 0 Å². The lowest BCUT2D eigenvalue weighted by atomic mass is 9.96. The summed E-state index contributed by atoms with van der Waals surface area (Å²) in [4.78, 5) is 20.4. The number of carbonyl (C=O) groups excluding carboxylic acids is 1. The van der Waals surface area contributed by atoms with E-state index in [1.54, 1.807) is 0 Å². The van der Waals surface area contributed by atoms with Crippen LogP contribution in [0.2, 0.25) is 0 Å². The van der Waals surface area contributed by atoms with Crippen molar-refractivity contribution in [3.8, 4) is 16.3 Å². The van der Waals surface area contributed by atoms with Gasteiger partial charge >= 0.3 is 0 Å². The molecule has 0 saturated heterocycles. The van der Waals surface area contributed by atoms with Gasteiger partial charge in [-0.1, -0.05) is 12.8 Å². The number of amides is 1. The molecule has 6 heteroatoms. The molecule has 0 unspecified atom stereocenters. The summed E-state index contributed by atoms with van der Waals surface area (Å²) in [6.07, 6.45) is 4.74. The van der Waals surface area contributed by atoms with Gasteiger partial charge in [0.05, 0.1) is 12.3 Å². The number of nitrogens with zero attached hydrogens (tertiary/aromatic N) is 2. The molecular formula is C21H29N3O2S. The Kier molecular flexibility index (Phi) is 6.17. The first kappa shape index (κ1) is 19.8. The SMILES string of the molecule is CCOc1ccc(-c2nc(C)c(C(=O)NCC3(N(C)C)CCCC3)s2)cc1. The molecule has 0 radical (unpaired) electrons. The number of aromatic nitrogens is 1. The van der Waals surface area contributed by atoms with Crippen molar-refractivity contribution in [3.05, 3.63) is 34.8 Å². The molecule has 0 spiro atoms. The second-order valence-electron chi connectivity index (χ2n) is 7.40. The molecule has 1 fully saturated rings. The molecule has 0 aliphatic heterocycles. The highest BCUT2D eigenvalue weighted by Crippen LogP contribution is 2.34. The fourth-order valence-corrected chi connectivity index (χ4v) is 4.72. The average molecular weight is 388 g/mol. The molecule has 1 aliphatic rings. The molecule has 3 rings (SSSR count). The first-order valence-electron chi connectivity index (χ1n) is 9.61. The van der Waals surface area contributed by atoms with Crippen LogP contribution in [0.5, 0.6) is 5.75 Å². The van der Waals surface area contributed by atoms with Crippen LogP contribution in [0.4, 0.5) is 0 Å². The number of ether oxygens (including phenoxy) is 1. The third-order valence-electron chi connectivity index (χ3n) is 5.48. The Labute approximate surface area is 165 Å². The van der Waals surface area contributed by atoms with Crippen LogP contribution < -0.4 is 10.1 Å². The number of nitrogens with one attached hydrogen (secondary N) is 1. The minimum atomic E-state index is -0.0182. The van der Waals surface area contributed by atoms with E-state index in [0.29, 0.717) is 18.0 Å². The van der Waals surface area contributed by atoms with E-state index in [1.165, 1.54) is 24.2 Å². The lowest BCUT2D eigenvalue weighted by Crippen LogP contribution is -2.50. The maximum absolute atomic E-state index is 12.8. The maximum atomic E-state index is 12.8. The molecule has 1 aromatic heterocycles. The number of benzene rings is 1. The molecule has 1 amide bonds. The number of thiazole rings is 1. The maximum Gasteiger partial charge on any atom is 0.263 e. The molecule has 0 atom stereocenters. The minimum Gasteiger partial charge on any atom is -0.494 e. The van der Waals surface area contributed by atoms with Gasteiger partial charge in [-0.25, -0.2) is 4.98 Å². The molecule has 146 valence electrons. The van der Waals surface area contributed by atoms with E-state index >= 15 is 0 Å². The van der Waals surface area contributed by atoms with Crippen molar-refractivity contribution in [1.29, 1.82) is 0 Å². The van der Waals surface area contributed by atoms with Gasteiger partial charge in [0.1, 0.15) is 15.6 Å². The topological polar surface area (TPSA) is 54.5 Å². The summed E-state index contributed by atoms with van der Waals surface area (Å²) >= 11 is 1.45. The molecule has 1 aromatic carbocycles. The normalized spacial score (nSPS) is 15.9. The largest absolute Gasteiger partial charge is 0.494 e. The quantitative estimate of drug-likeness (QED) is 0.776. The van der Waals surface area contributed by atoms with Crippen molar-refractivity contribution in [2.45, 2.75) is 45.1 Å². The van der Waals surface area contributed by atoms with E-state index in [4.69, 9.17) is 4.74 Å². The molecule has 2 aromatic rings. The Bertz CT molecular complexity index is 777. The highest BCUT2D eigenvalue weighted by atomic mass is 32.1. The van der Waals surface area contributed by atoms with Gasteiger partial charge in [-0.15, -0.1) is 11.3 Å². The second-order valence-corrected chi connectivity index (χ2v) is 8.40. The van der Waals surface area contributed by atoms with E-state index in [-0.39, 0.29) is 11.4 Å². The Balaban J connectivity index is 1.71. The fraction of sp³-hybridized carbons (Fsp3) is 0.524. The second kappa shape index (κ2) is 8.40. The molecule has 1 saturated carbocycles. The Morgan fingerprint density at radius 3 is 2.52 bits per heavy atom. The summed E-state index contributed by atoms with van der Waals surface area (Å²) in [5.74, 6) is 0.827. The number of likely N-dealkylation sites (N-methyl/N-ethyl adjacent to an activating group) is 1. The Morgan fingerprint density at radius 2 is 1.93 bits per heavy atom. The fourth-order valence-electron chi connectivity index (χ4n) is 3.73. The number of aryl methyl sites for hydroxylation is 1. The zero-order valence-corrected chi connectivity index (χ0v) is 17.5. The highest BCUT2D eigenvalue weighted by molar-refractivity contribution is 7.17. The van der Waals surface area contributed by atoms with Crippen LogP contribution in [-0.2, 0) is 0 Å². The van der Waals surface area contributed by atoms with Gasteiger partial charge in [-0.05, 0) is 65.0 Å². The zero-order chi connectivity index (χ0) is 19.4. The molecule has 0 bridgehead atoms. The molecule has 1 aliphatic carbocycles. The predicted octanol–water partition coefficient (Wildman–Crippen LogP) is 4.12. The van der Waals surface area contributed by atoms with E-state index in [0.717, 1.165) is 34.9 Å². The van der Waals surface area contributed by atoms with Crippen molar-refractivity contribution in [2.75, 3.05) is 27.2 Å². The first-order valence-corrected chi connectivity index (χ1v) is 10.4. The Morgan fingerprint density at radius 1 is 1.26 bits per heavy atom. The minimum absolute atomic E-state index is 0.0182.